The Morgan fingerprint density at radius 2 is 2.05 bits per heavy atom. The molecule has 2 rings (SSSR count). The van der Waals surface area contributed by atoms with Crippen molar-refractivity contribution >= 4 is 23.5 Å². The lowest BCUT2D eigenvalue weighted by Gasteiger charge is -2.04. The summed E-state index contributed by atoms with van der Waals surface area (Å²) in [5.74, 6) is -2.33. The van der Waals surface area contributed by atoms with Gasteiger partial charge in [0.05, 0.1) is 11.6 Å². The van der Waals surface area contributed by atoms with Crippen molar-refractivity contribution in [3.63, 3.8) is 0 Å². The van der Waals surface area contributed by atoms with Crippen LogP contribution < -0.4 is 5.32 Å². The molecule has 1 aromatic heterocycles. The van der Waals surface area contributed by atoms with Crippen molar-refractivity contribution < 1.29 is 23.5 Å². The summed E-state index contributed by atoms with van der Waals surface area (Å²) in [6.07, 6.45) is 0. The van der Waals surface area contributed by atoms with E-state index in [1.807, 2.05) is 0 Å². The molecule has 1 heterocycles. The maximum Gasteiger partial charge on any atom is 0.371 e. The van der Waals surface area contributed by atoms with E-state index in [2.05, 4.69) is 5.32 Å². The molecule has 104 valence electrons. The number of hydrogen-bond donors (Lipinski definition) is 2. The first-order valence-corrected chi connectivity index (χ1v) is 5.90. The first-order chi connectivity index (χ1) is 9.47. The topological polar surface area (TPSA) is 79.5 Å². The Kier molecular flexibility index (Phi) is 4.05. The monoisotopic (exact) mass is 297 g/mol. The smallest absolute Gasteiger partial charge is 0.371 e. The molecule has 0 bridgehead atoms. The fourth-order valence-corrected chi connectivity index (χ4v) is 1.61. The molecule has 0 saturated carbocycles. The van der Waals surface area contributed by atoms with Crippen LogP contribution in [0.4, 0.5) is 4.39 Å². The molecule has 0 atom stereocenters. The van der Waals surface area contributed by atoms with Gasteiger partial charge in [0.25, 0.3) is 5.91 Å². The second kappa shape index (κ2) is 5.75. The Labute approximate surface area is 118 Å². The van der Waals surface area contributed by atoms with Crippen molar-refractivity contribution in [2.24, 2.45) is 0 Å². The second-order valence-corrected chi connectivity index (χ2v) is 4.29. The maximum atomic E-state index is 13.2. The van der Waals surface area contributed by atoms with Crippen molar-refractivity contribution in [3.05, 3.63) is 58.3 Å². The highest BCUT2D eigenvalue weighted by Gasteiger charge is 2.11. The molecule has 0 spiro atoms. The van der Waals surface area contributed by atoms with E-state index in [0.717, 1.165) is 6.07 Å². The summed E-state index contributed by atoms with van der Waals surface area (Å²) in [5, 5.41) is 11.1. The normalized spacial score (nSPS) is 10.3. The van der Waals surface area contributed by atoms with E-state index in [1.54, 1.807) is 0 Å². The lowest BCUT2D eigenvalue weighted by Crippen LogP contribution is -2.22. The third kappa shape index (κ3) is 3.16. The molecule has 5 nitrogen and oxygen atoms in total. The van der Waals surface area contributed by atoms with Gasteiger partial charge in [-0.25, -0.2) is 9.18 Å². The van der Waals surface area contributed by atoms with Crippen LogP contribution in [-0.2, 0) is 6.54 Å². The first-order valence-electron chi connectivity index (χ1n) is 5.52. The van der Waals surface area contributed by atoms with Crippen molar-refractivity contribution in [1.29, 1.82) is 0 Å². The summed E-state index contributed by atoms with van der Waals surface area (Å²) < 4.78 is 18.2. The van der Waals surface area contributed by atoms with Crippen LogP contribution in [0.15, 0.2) is 34.7 Å². The summed E-state index contributed by atoms with van der Waals surface area (Å²) in [7, 11) is 0. The average Bonchev–Trinajstić information content (AvgIpc) is 2.88. The fourth-order valence-electron chi connectivity index (χ4n) is 1.49. The Balaban J connectivity index is 2.00. The van der Waals surface area contributed by atoms with Gasteiger partial charge in [0.1, 0.15) is 11.6 Å². The molecule has 7 heteroatoms. The van der Waals surface area contributed by atoms with Crippen molar-refractivity contribution in [1.82, 2.24) is 5.32 Å². The molecule has 20 heavy (non-hydrogen) atoms. The van der Waals surface area contributed by atoms with Gasteiger partial charge >= 0.3 is 5.97 Å². The van der Waals surface area contributed by atoms with Gasteiger partial charge in [-0.3, -0.25) is 4.79 Å². The van der Waals surface area contributed by atoms with Crippen LogP contribution in [0.2, 0.25) is 5.02 Å². The predicted molar refractivity (Wildman–Crippen MR) is 68.2 cm³/mol. The number of aromatic carboxylic acids is 1. The zero-order valence-corrected chi connectivity index (χ0v) is 10.8. The van der Waals surface area contributed by atoms with Crippen molar-refractivity contribution in [2.75, 3.05) is 0 Å². The minimum Gasteiger partial charge on any atom is -0.475 e. The summed E-state index contributed by atoms with van der Waals surface area (Å²) in [5.41, 5.74) is 0.108. The molecule has 0 unspecified atom stereocenters. The Morgan fingerprint density at radius 1 is 1.30 bits per heavy atom. The van der Waals surface area contributed by atoms with Crippen LogP contribution in [-0.4, -0.2) is 17.0 Å². The Morgan fingerprint density at radius 3 is 2.65 bits per heavy atom. The van der Waals surface area contributed by atoms with E-state index < -0.39 is 17.7 Å². The first kappa shape index (κ1) is 14.1. The summed E-state index contributed by atoms with van der Waals surface area (Å²) in [4.78, 5) is 22.4. The minimum absolute atomic E-state index is 0.00361. The maximum absolute atomic E-state index is 13.2. The van der Waals surface area contributed by atoms with E-state index in [1.165, 1.54) is 24.3 Å². The lowest BCUT2D eigenvalue weighted by atomic mass is 10.2. The van der Waals surface area contributed by atoms with E-state index in [4.69, 9.17) is 21.1 Å². The number of furan rings is 1. The number of carbonyl (C=O) groups excluding carboxylic acids is 1. The standard InChI is InChI=1S/C13H9ClFNO4/c14-9-3-1-7(5-10(9)15)12(17)16-6-8-2-4-11(20-8)13(18)19/h1-5H,6H2,(H,16,17)(H,18,19). The molecule has 0 aliphatic carbocycles. The van der Waals surface area contributed by atoms with Gasteiger partial charge in [-0.15, -0.1) is 0 Å². The molecule has 2 aromatic rings. The third-order valence-corrected chi connectivity index (χ3v) is 2.78. The van der Waals surface area contributed by atoms with Crippen LogP contribution in [0.25, 0.3) is 0 Å². The highest BCUT2D eigenvalue weighted by atomic mass is 35.5. The minimum atomic E-state index is -1.19. The van der Waals surface area contributed by atoms with Crippen LogP contribution in [0.3, 0.4) is 0 Å². The molecular formula is C13H9ClFNO4. The van der Waals surface area contributed by atoms with Gasteiger partial charge in [0.15, 0.2) is 0 Å². The lowest BCUT2D eigenvalue weighted by molar-refractivity contribution is 0.0660. The van der Waals surface area contributed by atoms with Crippen LogP contribution >= 0.6 is 11.6 Å². The third-order valence-electron chi connectivity index (χ3n) is 2.48. The van der Waals surface area contributed by atoms with E-state index in [-0.39, 0.29) is 28.7 Å². The van der Waals surface area contributed by atoms with Gasteiger partial charge in [-0.1, -0.05) is 11.6 Å². The van der Waals surface area contributed by atoms with E-state index in [0.29, 0.717) is 0 Å². The zero-order valence-electron chi connectivity index (χ0n) is 10.0. The summed E-state index contributed by atoms with van der Waals surface area (Å²) in [6, 6.07) is 6.40. The highest BCUT2D eigenvalue weighted by Crippen LogP contribution is 2.15. The van der Waals surface area contributed by atoms with Crippen molar-refractivity contribution in [3.8, 4) is 0 Å². The zero-order chi connectivity index (χ0) is 14.7. The predicted octanol–water partition coefficient (Wildman–Crippen LogP) is 2.70. The largest absolute Gasteiger partial charge is 0.475 e. The van der Waals surface area contributed by atoms with Gasteiger partial charge in [0.2, 0.25) is 5.76 Å². The molecule has 0 saturated heterocycles. The Bertz CT molecular complexity index is 668. The van der Waals surface area contributed by atoms with E-state index >= 15 is 0 Å². The molecule has 1 aromatic carbocycles. The second-order valence-electron chi connectivity index (χ2n) is 3.88. The van der Waals surface area contributed by atoms with Gasteiger partial charge in [-0.05, 0) is 30.3 Å². The molecular weight excluding hydrogens is 289 g/mol. The van der Waals surface area contributed by atoms with Crippen molar-refractivity contribution in [2.45, 2.75) is 6.54 Å². The average molecular weight is 298 g/mol. The number of benzene rings is 1. The van der Waals surface area contributed by atoms with Crippen LogP contribution in [0.1, 0.15) is 26.7 Å². The number of hydrogen-bond acceptors (Lipinski definition) is 3. The van der Waals surface area contributed by atoms with Crippen LogP contribution in [0, 0.1) is 5.82 Å². The number of amides is 1. The number of carbonyl (C=O) groups is 2. The van der Waals surface area contributed by atoms with Gasteiger partial charge in [0, 0.05) is 5.56 Å². The molecule has 0 fully saturated rings. The summed E-state index contributed by atoms with van der Waals surface area (Å²) in [6.45, 7) is -0.00361. The number of halogens is 2. The fraction of sp³-hybridized carbons (Fsp3) is 0.0769. The molecule has 1 amide bonds. The quantitative estimate of drug-likeness (QED) is 0.909. The van der Waals surface area contributed by atoms with E-state index in [9.17, 15) is 14.0 Å². The number of carboxylic acid groups (broad SMARTS) is 1. The number of nitrogens with one attached hydrogen (secondary N) is 1. The molecule has 0 radical (unpaired) electrons. The Hall–Kier alpha value is -2.34. The number of carboxylic acids is 1. The molecule has 0 aliphatic rings. The molecule has 2 N–H and O–H groups in total. The summed E-state index contributed by atoms with van der Waals surface area (Å²) >= 11 is 5.51. The SMILES string of the molecule is O=C(NCc1ccc(C(=O)O)o1)c1ccc(Cl)c(F)c1. The number of rotatable bonds is 4. The highest BCUT2D eigenvalue weighted by molar-refractivity contribution is 6.30. The van der Waals surface area contributed by atoms with Gasteiger partial charge < -0.3 is 14.8 Å². The van der Waals surface area contributed by atoms with Gasteiger partial charge in [-0.2, -0.15) is 0 Å². The molecule has 0 aliphatic heterocycles. The van der Waals surface area contributed by atoms with Crippen LogP contribution in [0.5, 0.6) is 0 Å².